The molecule has 0 aliphatic carbocycles. The van der Waals surface area contributed by atoms with Crippen LogP contribution in [-0.4, -0.2) is 35.9 Å². The van der Waals surface area contributed by atoms with E-state index in [9.17, 15) is 9.59 Å². The normalized spacial score (nSPS) is 18.6. The van der Waals surface area contributed by atoms with E-state index in [2.05, 4.69) is 5.32 Å². The summed E-state index contributed by atoms with van der Waals surface area (Å²) in [4.78, 5) is 26.3. The maximum atomic E-state index is 12.6. The van der Waals surface area contributed by atoms with Crippen molar-refractivity contribution >= 4 is 22.8 Å². The van der Waals surface area contributed by atoms with E-state index in [0.29, 0.717) is 30.2 Å². The second kappa shape index (κ2) is 7.40. The van der Waals surface area contributed by atoms with Gasteiger partial charge in [0.1, 0.15) is 5.76 Å². The minimum atomic E-state index is -0.310. The van der Waals surface area contributed by atoms with Crippen LogP contribution < -0.4 is 10.1 Å². The number of nitrogens with zero attached hydrogens (tertiary/aromatic N) is 1. The lowest BCUT2D eigenvalue weighted by atomic mass is 10.1. The SMILES string of the molecule is CCOc1cccc2cc([C@H](C)NC(=O)[C@H]3CC(=O)N(C(C)C)C3)oc12. The van der Waals surface area contributed by atoms with Crippen molar-refractivity contribution in [1.82, 2.24) is 10.2 Å². The molecule has 2 atom stereocenters. The Balaban J connectivity index is 1.71. The number of carbonyl (C=O) groups excluding carboxylic acids is 2. The molecule has 2 aromatic rings. The molecular formula is C20H26N2O4. The van der Waals surface area contributed by atoms with Gasteiger partial charge in [0.2, 0.25) is 11.8 Å². The lowest BCUT2D eigenvalue weighted by molar-refractivity contribution is -0.130. The second-order valence-electron chi connectivity index (χ2n) is 7.03. The first kappa shape index (κ1) is 18.3. The van der Waals surface area contributed by atoms with Crippen molar-refractivity contribution in [3.8, 4) is 5.75 Å². The summed E-state index contributed by atoms with van der Waals surface area (Å²) in [5.74, 6) is 0.988. The van der Waals surface area contributed by atoms with Crippen LogP contribution >= 0.6 is 0 Å². The van der Waals surface area contributed by atoms with Gasteiger partial charge in [0.15, 0.2) is 11.3 Å². The summed E-state index contributed by atoms with van der Waals surface area (Å²) in [5.41, 5.74) is 0.687. The van der Waals surface area contributed by atoms with Gasteiger partial charge in [-0.05, 0) is 39.8 Å². The van der Waals surface area contributed by atoms with E-state index in [4.69, 9.17) is 9.15 Å². The maximum Gasteiger partial charge on any atom is 0.226 e. The summed E-state index contributed by atoms with van der Waals surface area (Å²) in [5, 5.41) is 3.92. The number of amides is 2. The molecule has 1 aliphatic heterocycles. The first-order chi connectivity index (χ1) is 12.4. The van der Waals surface area contributed by atoms with Gasteiger partial charge >= 0.3 is 0 Å². The smallest absolute Gasteiger partial charge is 0.226 e. The van der Waals surface area contributed by atoms with Gasteiger partial charge in [0.05, 0.1) is 18.6 Å². The van der Waals surface area contributed by atoms with E-state index in [1.165, 1.54) is 0 Å². The Morgan fingerprint density at radius 2 is 2.15 bits per heavy atom. The molecule has 0 spiro atoms. The molecule has 0 radical (unpaired) electrons. The first-order valence-electron chi connectivity index (χ1n) is 9.15. The van der Waals surface area contributed by atoms with Crippen molar-refractivity contribution in [2.45, 2.75) is 46.2 Å². The maximum absolute atomic E-state index is 12.6. The Morgan fingerprint density at radius 3 is 2.81 bits per heavy atom. The number of ether oxygens (including phenoxy) is 1. The zero-order valence-corrected chi connectivity index (χ0v) is 15.7. The first-order valence-corrected chi connectivity index (χ1v) is 9.15. The fourth-order valence-electron chi connectivity index (χ4n) is 3.35. The molecular weight excluding hydrogens is 332 g/mol. The van der Waals surface area contributed by atoms with E-state index in [1.54, 1.807) is 4.90 Å². The summed E-state index contributed by atoms with van der Waals surface area (Å²) in [6.45, 7) is 8.77. The van der Waals surface area contributed by atoms with Crippen LogP contribution in [0.2, 0.25) is 0 Å². The fourth-order valence-corrected chi connectivity index (χ4v) is 3.35. The number of nitrogens with one attached hydrogen (secondary N) is 1. The van der Waals surface area contributed by atoms with Crippen LogP contribution in [0.5, 0.6) is 5.75 Å². The predicted molar refractivity (Wildman–Crippen MR) is 98.9 cm³/mol. The second-order valence-corrected chi connectivity index (χ2v) is 7.03. The number of hydrogen-bond acceptors (Lipinski definition) is 4. The molecule has 1 fully saturated rings. The van der Waals surface area contributed by atoms with Gasteiger partial charge in [-0.15, -0.1) is 0 Å². The van der Waals surface area contributed by atoms with E-state index in [0.717, 1.165) is 5.39 Å². The van der Waals surface area contributed by atoms with Crippen molar-refractivity contribution in [1.29, 1.82) is 0 Å². The number of furan rings is 1. The van der Waals surface area contributed by atoms with Gasteiger partial charge < -0.3 is 19.4 Å². The third-order valence-corrected chi connectivity index (χ3v) is 4.77. The number of likely N-dealkylation sites (tertiary alicyclic amines) is 1. The number of para-hydroxylation sites is 1. The van der Waals surface area contributed by atoms with Crippen molar-refractivity contribution in [3.63, 3.8) is 0 Å². The number of hydrogen-bond donors (Lipinski definition) is 1. The van der Waals surface area contributed by atoms with Gasteiger partial charge in [0.25, 0.3) is 0 Å². The third kappa shape index (κ3) is 3.54. The van der Waals surface area contributed by atoms with Crippen LogP contribution in [0.1, 0.15) is 45.9 Å². The Hall–Kier alpha value is -2.50. The number of benzene rings is 1. The molecule has 3 rings (SSSR count). The summed E-state index contributed by atoms with van der Waals surface area (Å²) in [7, 11) is 0. The highest BCUT2D eigenvalue weighted by atomic mass is 16.5. The van der Waals surface area contributed by atoms with Crippen LogP contribution in [0.15, 0.2) is 28.7 Å². The highest BCUT2D eigenvalue weighted by molar-refractivity contribution is 5.89. The van der Waals surface area contributed by atoms with E-state index in [-0.39, 0.29) is 36.2 Å². The van der Waals surface area contributed by atoms with Crippen LogP contribution in [0, 0.1) is 5.92 Å². The highest BCUT2D eigenvalue weighted by Gasteiger charge is 2.36. The topological polar surface area (TPSA) is 71.8 Å². The highest BCUT2D eigenvalue weighted by Crippen LogP contribution is 2.31. The Bertz CT molecular complexity index is 811. The molecule has 1 aromatic heterocycles. The Labute approximate surface area is 153 Å². The van der Waals surface area contributed by atoms with Gasteiger partial charge in [0, 0.05) is 24.4 Å². The zero-order valence-electron chi connectivity index (χ0n) is 15.7. The third-order valence-electron chi connectivity index (χ3n) is 4.77. The van der Waals surface area contributed by atoms with Crippen molar-refractivity contribution in [3.05, 3.63) is 30.0 Å². The van der Waals surface area contributed by atoms with E-state index in [1.807, 2.05) is 52.0 Å². The average Bonchev–Trinajstić information content (AvgIpc) is 3.19. The number of rotatable bonds is 6. The molecule has 1 saturated heterocycles. The van der Waals surface area contributed by atoms with Crippen molar-refractivity contribution in [2.75, 3.05) is 13.2 Å². The molecule has 2 heterocycles. The predicted octanol–water partition coefficient (Wildman–Crippen LogP) is 3.27. The van der Waals surface area contributed by atoms with Crippen molar-refractivity contribution < 1.29 is 18.7 Å². The van der Waals surface area contributed by atoms with Gasteiger partial charge in [-0.1, -0.05) is 12.1 Å². The molecule has 140 valence electrons. The quantitative estimate of drug-likeness (QED) is 0.860. The molecule has 26 heavy (non-hydrogen) atoms. The standard InChI is InChI=1S/C20H26N2O4/c1-5-25-16-8-6-7-14-9-17(26-19(14)16)13(4)21-20(24)15-10-18(23)22(11-15)12(2)3/h6-9,12-13,15H,5,10-11H2,1-4H3,(H,21,24)/t13-,15-/m0/s1. The minimum Gasteiger partial charge on any atom is -0.490 e. The molecule has 2 amide bonds. The summed E-state index contributed by atoms with van der Waals surface area (Å²) < 4.78 is 11.5. The summed E-state index contributed by atoms with van der Waals surface area (Å²) >= 11 is 0. The van der Waals surface area contributed by atoms with Gasteiger partial charge in [-0.2, -0.15) is 0 Å². The van der Waals surface area contributed by atoms with E-state index >= 15 is 0 Å². The van der Waals surface area contributed by atoms with Crippen molar-refractivity contribution in [2.24, 2.45) is 5.92 Å². The molecule has 1 aliphatic rings. The molecule has 6 nitrogen and oxygen atoms in total. The fraction of sp³-hybridized carbons (Fsp3) is 0.500. The largest absolute Gasteiger partial charge is 0.490 e. The number of fused-ring (bicyclic) bond motifs is 1. The van der Waals surface area contributed by atoms with Crippen LogP contribution in [-0.2, 0) is 9.59 Å². The zero-order chi connectivity index (χ0) is 18.8. The average molecular weight is 358 g/mol. The van der Waals surface area contributed by atoms with Crippen LogP contribution in [0.25, 0.3) is 11.0 Å². The summed E-state index contributed by atoms with van der Waals surface area (Å²) in [6, 6.07) is 7.49. The monoisotopic (exact) mass is 358 g/mol. The van der Waals surface area contributed by atoms with Crippen LogP contribution in [0.4, 0.5) is 0 Å². The lowest BCUT2D eigenvalue weighted by Gasteiger charge is -2.21. The van der Waals surface area contributed by atoms with Gasteiger partial charge in [-0.3, -0.25) is 9.59 Å². The van der Waals surface area contributed by atoms with Gasteiger partial charge in [-0.25, -0.2) is 0 Å². The minimum absolute atomic E-state index is 0.0397. The Kier molecular flexibility index (Phi) is 5.20. The van der Waals surface area contributed by atoms with E-state index < -0.39 is 0 Å². The molecule has 6 heteroatoms. The number of carbonyl (C=O) groups is 2. The molecule has 0 unspecified atom stereocenters. The molecule has 0 bridgehead atoms. The summed E-state index contributed by atoms with van der Waals surface area (Å²) in [6.07, 6.45) is 0.269. The Morgan fingerprint density at radius 1 is 1.38 bits per heavy atom. The molecule has 1 aromatic carbocycles. The van der Waals surface area contributed by atoms with Crippen LogP contribution in [0.3, 0.4) is 0 Å². The molecule has 1 N–H and O–H groups in total. The molecule has 0 saturated carbocycles. The lowest BCUT2D eigenvalue weighted by Crippen LogP contribution is -2.36.